The molecule has 1 aliphatic carbocycles. The van der Waals surface area contributed by atoms with E-state index in [1.165, 1.54) is 44.2 Å². The number of aromatic carboxylic acids is 1. The van der Waals surface area contributed by atoms with Gasteiger partial charge in [-0.2, -0.15) is 0 Å². The predicted molar refractivity (Wildman–Crippen MR) is 91.0 cm³/mol. The third-order valence-electron chi connectivity index (χ3n) is 3.78. The summed E-state index contributed by atoms with van der Waals surface area (Å²) in [5.74, 6) is -1.21. The van der Waals surface area contributed by atoms with E-state index in [0.717, 1.165) is 0 Å². The van der Waals surface area contributed by atoms with Gasteiger partial charge in [0.25, 0.3) is 0 Å². The third kappa shape index (κ3) is 4.65. The van der Waals surface area contributed by atoms with E-state index in [2.05, 4.69) is 5.32 Å². The number of hydrogen-bond acceptors (Lipinski definition) is 3. The maximum absolute atomic E-state index is 12.2. The second-order valence-electron chi connectivity index (χ2n) is 5.53. The predicted octanol–water partition coefficient (Wildman–Crippen LogP) is 4.43. The molecule has 2 rings (SSSR count). The highest BCUT2D eigenvalue weighted by Gasteiger charge is 2.21. The van der Waals surface area contributed by atoms with Crippen LogP contribution in [0.1, 0.15) is 49.4 Å². The second-order valence-corrected chi connectivity index (χ2v) is 7.58. The zero-order valence-electron chi connectivity index (χ0n) is 12.5. The SMILES string of the molecule is CC(SC1CCCCC1)C(=O)Nc1ccc(Cl)c(C(=O)O)c1. The van der Waals surface area contributed by atoms with Crippen LogP contribution < -0.4 is 5.32 Å². The number of carbonyl (C=O) groups excluding carboxylic acids is 1. The molecular weight excluding hydrogens is 322 g/mol. The number of amides is 1. The van der Waals surface area contributed by atoms with Gasteiger partial charge in [-0.1, -0.05) is 30.9 Å². The van der Waals surface area contributed by atoms with Crippen molar-refractivity contribution in [3.05, 3.63) is 28.8 Å². The number of anilines is 1. The van der Waals surface area contributed by atoms with Crippen LogP contribution in [0.4, 0.5) is 5.69 Å². The number of halogens is 1. The van der Waals surface area contributed by atoms with Crippen molar-refractivity contribution in [2.75, 3.05) is 5.32 Å². The molecule has 1 saturated carbocycles. The van der Waals surface area contributed by atoms with Crippen LogP contribution in [0.2, 0.25) is 5.02 Å². The normalized spacial score (nSPS) is 17.0. The summed E-state index contributed by atoms with van der Waals surface area (Å²) in [6.45, 7) is 1.89. The van der Waals surface area contributed by atoms with Crippen LogP contribution >= 0.6 is 23.4 Å². The molecule has 0 radical (unpaired) electrons. The smallest absolute Gasteiger partial charge is 0.337 e. The van der Waals surface area contributed by atoms with Gasteiger partial charge in [0.2, 0.25) is 5.91 Å². The van der Waals surface area contributed by atoms with Crippen LogP contribution in [-0.4, -0.2) is 27.5 Å². The highest BCUT2D eigenvalue weighted by atomic mass is 35.5. The van der Waals surface area contributed by atoms with Gasteiger partial charge in [-0.05, 0) is 38.0 Å². The average Bonchev–Trinajstić information content (AvgIpc) is 2.49. The van der Waals surface area contributed by atoms with Gasteiger partial charge in [0.05, 0.1) is 15.8 Å². The van der Waals surface area contributed by atoms with E-state index in [1.54, 1.807) is 17.8 Å². The minimum atomic E-state index is -1.11. The summed E-state index contributed by atoms with van der Waals surface area (Å²) in [6.07, 6.45) is 6.12. The molecule has 2 N–H and O–H groups in total. The maximum Gasteiger partial charge on any atom is 0.337 e. The van der Waals surface area contributed by atoms with Gasteiger partial charge < -0.3 is 10.4 Å². The molecular formula is C16H20ClNO3S. The molecule has 22 heavy (non-hydrogen) atoms. The van der Waals surface area contributed by atoms with E-state index in [-0.39, 0.29) is 21.7 Å². The number of benzene rings is 1. The van der Waals surface area contributed by atoms with Crippen molar-refractivity contribution in [2.24, 2.45) is 0 Å². The Labute approximate surface area is 139 Å². The van der Waals surface area contributed by atoms with E-state index in [9.17, 15) is 9.59 Å². The molecule has 0 spiro atoms. The lowest BCUT2D eigenvalue weighted by molar-refractivity contribution is -0.115. The summed E-state index contributed by atoms with van der Waals surface area (Å²) < 4.78 is 0. The summed E-state index contributed by atoms with van der Waals surface area (Å²) in [5, 5.41) is 12.4. The molecule has 4 nitrogen and oxygen atoms in total. The molecule has 1 amide bonds. The minimum Gasteiger partial charge on any atom is -0.478 e. The van der Waals surface area contributed by atoms with Crippen molar-refractivity contribution in [1.82, 2.24) is 0 Å². The first-order valence-corrected chi connectivity index (χ1v) is 8.78. The van der Waals surface area contributed by atoms with Gasteiger partial charge in [-0.25, -0.2) is 4.79 Å². The minimum absolute atomic E-state index is 0.00736. The van der Waals surface area contributed by atoms with Crippen LogP contribution in [0.5, 0.6) is 0 Å². The number of hydrogen-bond donors (Lipinski definition) is 2. The maximum atomic E-state index is 12.2. The number of carbonyl (C=O) groups is 2. The molecule has 0 aliphatic heterocycles. The number of nitrogens with one attached hydrogen (secondary N) is 1. The molecule has 6 heteroatoms. The summed E-state index contributed by atoms with van der Waals surface area (Å²) in [5.41, 5.74) is 0.454. The lowest BCUT2D eigenvalue weighted by Crippen LogP contribution is -2.25. The van der Waals surface area contributed by atoms with E-state index >= 15 is 0 Å². The first kappa shape index (κ1) is 17.2. The summed E-state index contributed by atoms with van der Waals surface area (Å²) in [6, 6.07) is 4.49. The Morgan fingerprint density at radius 3 is 2.64 bits per heavy atom. The van der Waals surface area contributed by atoms with Gasteiger partial charge in [0.1, 0.15) is 0 Å². The van der Waals surface area contributed by atoms with Gasteiger partial charge in [-0.15, -0.1) is 11.8 Å². The Hall–Kier alpha value is -1.20. The fraction of sp³-hybridized carbons (Fsp3) is 0.500. The largest absolute Gasteiger partial charge is 0.478 e. The third-order valence-corrected chi connectivity index (χ3v) is 5.59. The van der Waals surface area contributed by atoms with Crippen LogP contribution in [0, 0.1) is 0 Å². The van der Waals surface area contributed by atoms with Crippen LogP contribution in [0.15, 0.2) is 18.2 Å². The molecule has 0 bridgehead atoms. The molecule has 1 aromatic rings. The topological polar surface area (TPSA) is 66.4 Å². The Morgan fingerprint density at radius 2 is 2.00 bits per heavy atom. The van der Waals surface area contributed by atoms with E-state index in [1.807, 2.05) is 6.92 Å². The monoisotopic (exact) mass is 341 g/mol. The molecule has 120 valence electrons. The number of rotatable bonds is 5. The number of carboxylic acid groups (broad SMARTS) is 1. The van der Waals surface area contributed by atoms with Crippen molar-refractivity contribution in [3.8, 4) is 0 Å². The molecule has 1 aliphatic rings. The van der Waals surface area contributed by atoms with Crippen LogP contribution in [0.25, 0.3) is 0 Å². The number of carboxylic acids is 1. The standard InChI is InChI=1S/C16H20ClNO3S/c1-10(22-12-5-3-2-4-6-12)15(19)18-11-7-8-14(17)13(9-11)16(20)21/h7-10,12H,2-6H2,1H3,(H,18,19)(H,20,21). The Bertz CT molecular complexity index is 558. The first-order valence-electron chi connectivity index (χ1n) is 7.46. The Balaban J connectivity index is 1.95. The van der Waals surface area contributed by atoms with Crippen molar-refractivity contribution in [1.29, 1.82) is 0 Å². The van der Waals surface area contributed by atoms with Gasteiger partial charge in [0.15, 0.2) is 0 Å². The molecule has 0 aromatic heterocycles. The molecule has 1 aromatic carbocycles. The Morgan fingerprint density at radius 1 is 1.32 bits per heavy atom. The highest BCUT2D eigenvalue weighted by Crippen LogP contribution is 2.31. The van der Waals surface area contributed by atoms with E-state index < -0.39 is 5.97 Å². The van der Waals surface area contributed by atoms with E-state index in [0.29, 0.717) is 10.9 Å². The zero-order valence-corrected chi connectivity index (χ0v) is 14.0. The van der Waals surface area contributed by atoms with Crippen molar-refractivity contribution in [2.45, 2.75) is 49.5 Å². The molecule has 0 heterocycles. The fourth-order valence-corrected chi connectivity index (χ4v) is 4.13. The van der Waals surface area contributed by atoms with Gasteiger partial charge in [0, 0.05) is 10.9 Å². The molecule has 1 fully saturated rings. The van der Waals surface area contributed by atoms with E-state index in [4.69, 9.17) is 16.7 Å². The van der Waals surface area contributed by atoms with Crippen molar-refractivity contribution >= 4 is 40.9 Å². The zero-order chi connectivity index (χ0) is 16.1. The number of thioether (sulfide) groups is 1. The summed E-state index contributed by atoms with van der Waals surface area (Å²) in [4.78, 5) is 23.3. The van der Waals surface area contributed by atoms with Crippen LogP contribution in [0.3, 0.4) is 0 Å². The lowest BCUT2D eigenvalue weighted by Gasteiger charge is -2.23. The lowest BCUT2D eigenvalue weighted by atomic mass is 10.0. The molecule has 1 atom stereocenters. The Kier molecular flexibility index (Phi) is 6.15. The van der Waals surface area contributed by atoms with Crippen molar-refractivity contribution in [3.63, 3.8) is 0 Å². The quantitative estimate of drug-likeness (QED) is 0.831. The second kappa shape index (κ2) is 7.88. The van der Waals surface area contributed by atoms with Crippen molar-refractivity contribution < 1.29 is 14.7 Å². The molecule has 0 saturated heterocycles. The van der Waals surface area contributed by atoms with Crippen LogP contribution in [-0.2, 0) is 4.79 Å². The molecule has 1 unspecified atom stereocenters. The summed E-state index contributed by atoms with van der Waals surface area (Å²) in [7, 11) is 0. The first-order chi connectivity index (χ1) is 10.5. The van der Waals surface area contributed by atoms with Gasteiger partial charge in [-0.3, -0.25) is 4.79 Å². The average molecular weight is 342 g/mol. The highest BCUT2D eigenvalue weighted by molar-refractivity contribution is 8.01. The van der Waals surface area contributed by atoms with Gasteiger partial charge >= 0.3 is 5.97 Å². The fourth-order valence-electron chi connectivity index (χ4n) is 2.56. The summed E-state index contributed by atoms with van der Waals surface area (Å²) >= 11 is 7.53.